The van der Waals surface area contributed by atoms with E-state index in [9.17, 15) is 8.42 Å². The van der Waals surface area contributed by atoms with Gasteiger partial charge in [-0.1, -0.05) is 24.3 Å². The van der Waals surface area contributed by atoms with Gasteiger partial charge in [-0.25, -0.2) is 8.42 Å². The molecule has 0 saturated heterocycles. The number of ether oxygens (including phenoxy) is 2. The number of nitrogens with one attached hydrogen (secondary N) is 1. The third-order valence-electron chi connectivity index (χ3n) is 5.38. The quantitative estimate of drug-likeness (QED) is 0.667. The van der Waals surface area contributed by atoms with Crippen LogP contribution in [0.1, 0.15) is 34.0 Å². The largest absolute Gasteiger partial charge is 0.486 e. The van der Waals surface area contributed by atoms with Crippen molar-refractivity contribution < 1.29 is 17.9 Å². The molecule has 0 fully saturated rings. The summed E-state index contributed by atoms with van der Waals surface area (Å²) in [6, 6.07) is 14.6. The molecule has 1 aliphatic carbocycles. The molecular weight excluding hydrogens is 406 g/mol. The van der Waals surface area contributed by atoms with Crippen molar-refractivity contribution in [1.29, 1.82) is 0 Å². The first kappa shape index (κ1) is 18.7. The number of hydrogen-bond acceptors (Lipinski definition) is 5. The smallest absolute Gasteiger partial charge is 0.241 e. The zero-order chi connectivity index (χ0) is 19.8. The topological polar surface area (TPSA) is 64.6 Å². The second-order valence-electron chi connectivity index (χ2n) is 7.26. The van der Waals surface area contributed by atoms with Crippen LogP contribution in [0.3, 0.4) is 0 Å². The number of benzene rings is 2. The summed E-state index contributed by atoms with van der Waals surface area (Å²) in [4.78, 5) is 1.13. The van der Waals surface area contributed by atoms with Gasteiger partial charge in [-0.15, -0.1) is 11.3 Å². The first-order valence-electron chi connectivity index (χ1n) is 9.67. The van der Waals surface area contributed by atoms with Crippen LogP contribution in [0.4, 0.5) is 0 Å². The Bertz CT molecular complexity index is 1140. The molecule has 2 aliphatic rings. The first-order valence-corrected chi connectivity index (χ1v) is 12.0. The number of rotatable bonds is 5. The van der Waals surface area contributed by atoms with Gasteiger partial charge in [-0.3, -0.25) is 0 Å². The van der Waals surface area contributed by atoms with E-state index in [0.29, 0.717) is 24.7 Å². The van der Waals surface area contributed by atoms with Crippen molar-refractivity contribution in [2.75, 3.05) is 13.2 Å². The minimum atomic E-state index is -3.76. The zero-order valence-electron chi connectivity index (χ0n) is 15.8. The van der Waals surface area contributed by atoms with E-state index in [1.807, 2.05) is 23.6 Å². The summed E-state index contributed by atoms with van der Waals surface area (Å²) in [5.41, 5.74) is 3.66. The van der Waals surface area contributed by atoms with E-state index >= 15 is 0 Å². The van der Waals surface area contributed by atoms with E-state index in [1.165, 1.54) is 17.2 Å². The highest BCUT2D eigenvalue weighted by atomic mass is 32.2. The minimum absolute atomic E-state index is 0.171. The Labute approximate surface area is 174 Å². The van der Waals surface area contributed by atoms with Gasteiger partial charge < -0.3 is 9.47 Å². The van der Waals surface area contributed by atoms with E-state index in [4.69, 9.17) is 9.47 Å². The highest BCUT2D eigenvalue weighted by Gasteiger charge is 2.26. The molecule has 0 bridgehead atoms. The Morgan fingerprint density at radius 1 is 0.931 bits per heavy atom. The van der Waals surface area contributed by atoms with Crippen LogP contribution >= 0.6 is 11.3 Å². The molecular formula is C22H21NO4S2. The summed E-state index contributed by atoms with van der Waals surface area (Å²) >= 11 is 1.55. The number of sulfonamides is 1. The molecule has 1 unspecified atom stereocenters. The van der Waals surface area contributed by atoms with E-state index in [0.717, 1.165) is 29.7 Å². The maximum atomic E-state index is 13.2. The zero-order valence-corrected chi connectivity index (χ0v) is 17.4. The van der Waals surface area contributed by atoms with Gasteiger partial charge in [0.1, 0.15) is 13.2 Å². The summed E-state index contributed by atoms with van der Waals surface area (Å²) in [7, 11) is -3.76. The van der Waals surface area contributed by atoms with Crippen LogP contribution in [0, 0.1) is 0 Å². The molecule has 150 valence electrons. The van der Waals surface area contributed by atoms with E-state index in [-0.39, 0.29) is 4.90 Å². The molecule has 1 N–H and O–H groups in total. The Morgan fingerprint density at radius 3 is 2.59 bits per heavy atom. The molecule has 1 aliphatic heterocycles. The standard InChI is InChI=1S/C22H21NO4S2/c24-29(25,18-8-9-19-20(14-18)27-11-10-26-19)23-22(21-5-2-12-28-21)17-7-6-15-3-1-4-16(15)13-17/h2,5-9,12-14,22-23H,1,3-4,10-11H2. The monoisotopic (exact) mass is 427 g/mol. The number of hydrogen-bond donors (Lipinski definition) is 1. The lowest BCUT2D eigenvalue weighted by molar-refractivity contribution is 0.171. The van der Waals surface area contributed by atoms with Gasteiger partial charge in [-0.2, -0.15) is 4.72 Å². The Hall–Kier alpha value is -2.35. The molecule has 5 rings (SSSR count). The van der Waals surface area contributed by atoms with Gasteiger partial charge in [0, 0.05) is 10.9 Å². The lowest BCUT2D eigenvalue weighted by Crippen LogP contribution is -2.29. The SMILES string of the molecule is O=S(=O)(NC(c1ccc2c(c1)CCC2)c1cccs1)c1ccc2c(c1)OCCO2. The molecule has 0 saturated carbocycles. The second-order valence-corrected chi connectivity index (χ2v) is 9.95. The van der Waals surface area contributed by atoms with Crippen molar-refractivity contribution in [1.82, 2.24) is 4.72 Å². The van der Waals surface area contributed by atoms with Crippen LogP contribution in [0.15, 0.2) is 58.8 Å². The summed E-state index contributed by atoms with van der Waals surface area (Å²) in [6.07, 6.45) is 3.31. The summed E-state index contributed by atoms with van der Waals surface area (Å²) < 4.78 is 40.4. The predicted molar refractivity (Wildman–Crippen MR) is 112 cm³/mol. The Balaban J connectivity index is 1.50. The fraction of sp³-hybridized carbons (Fsp3) is 0.273. The normalized spacial score (nSPS) is 16.4. The van der Waals surface area contributed by atoms with Crippen molar-refractivity contribution in [2.45, 2.75) is 30.2 Å². The molecule has 29 heavy (non-hydrogen) atoms. The van der Waals surface area contributed by atoms with E-state index in [2.05, 4.69) is 16.9 Å². The predicted octanol–water partition coefficient (Wildman–Crippen LogP) is 4.08. The summed E-state index contributed by atoms with van der Waals surface area (Å²) in [5, 5.41) is 1.97. The van der Waals surface area contributed by atoms with Crippen LogP contribution in [0.5, 0.6) is 11.5 Å². The molecule has 1 atom stereocenters. The van der Waals surface area contributed by atoms with Crippen LogP contribution in [-0.4, -0.2) is 21.6 Å². The van der Waals surface area contributed by atoms with Crippen LogP contribution in [0.2, 0.25) is 0 Å². The van der Waals surface area contributed by atoms with Crippen LogP contribution in [0.25, 0.3) is 0 Å². The lowest BCUT2D eigenvalue weighted by atomic mass is 10.0. The first-order chi connectivity index (χ1) is 14.1. The minimum Gasteiger partial charge on any atom is -0.486 e. The lowest BCUT2D eigenvalue weighted by Gasteiger charge is -2.21. The highest BCUT2D eigenvalue weighted by molar-refractivity contribution is 7.89. The van der Waals surface area contributed by atoms with Gasteiger partial charge in [-0.05, 0) is 59.5 Å². The molecule has 0 spiro atoms. The average Bonchev–Trinajstić information content (AvgIpc) is 3.43. The molecule has 3 aromatic rings. The van der Waals surface area contributed by atoms with Crippen molar-refractivity contribution in [3.63, 3.8) is 0 Å². The van der Waals surface area contributed by atoms with E-state index < -0.39 is 16.1 Å². The Morgan fingerprint density at radius 2 is 1.76 bits per heavy atom. The summed E-state index contributed by atoms with van der Waals surface area (Å²) in [6.45, 7) is 0.882. The van der Waals surface area contributed by atoms with Crippen molar-refractivity contribution >= 4 is 21.4 Å². The van der Waals surface area contributed by atoms with Gasteiger partial charge in [0.15, 0.2) is 11.5 Å². The van der Waals surface area contributed by atoms with Crippen molar-refractivity contribution in [3.05, 3.63) is 75.5 Å². The third-order valence-corrected chi connectivity index (χ3v) is 7.74. The van der Waals surface area contributed by atoms with E-state index in [1.54, 1.807) is 23.5 Å². The summed E-state index contributed by atoms with van der Waals surface area (Å²) in [5.74, 6) is 1.04. The van der Waals surface area contributed by atoms with Gasteiger partial charge in [0.05, 0.1) is 10.9 Å². The highest BCUT2D eigenvalue weighted by Crippen LogP contribution is 2.34. The maximum Gasteiger partial charge on any atom is 0.241 e. The fourth-order valence-corrected chi connectivity index (χ4v) is 6.03. The third kappa shape index (κ3) is 3.66. The number of thiophene rings is 1. The Kier molecular flexibility index (Phi) is 4.81. The number of fused-ring (bicyclic) bond motifs is 2. The fourth-order valence-electron chi connectivity index (χ4n) is 3.93. The molecule has 2 aromatic carbocycles. The van der Waals surface area contributed by atoms with Gasteiger partial charge in [0.25, 0.3) is 0 Å². The molecule has 0 radical (unpaired) electrons. The van der Waals surface area contributed by atoms with Crippen LogP contribution in [-0.2, 0) is 22.9 Å². The molecule has 7 heteroatoms. The van der Waals surface area contributed by atoms with Crippen LogP contribution < -0.4 is 14.2 Å². The number of aryl methyl sites for hydroxylation is 2. The molecule has 5 nitrogen and oxygen atoms in total. The van der Waals surface area contributed by atoms with Crippen molar-refractivity contribution in [2.24, 2.45) is 0 Å². The van der Waals surface area contributed by atoms with Gasteiger partial charge in [0.2, 0.25) is 10.0 Å². The maximum absolute atomic E-state index is 13.2. The molecule has 0 amide bonds. The van der Waals surface area contributed by atoms with Crippen molar-refractivity contribution in [3.8, 4) is 11.5 Å². The average molecular weight is 428 g/mol. The van der Waals surface area contributed by atoms with Gasteiger partial charge >= 0.3 is 0 Å². The molecule has 1 aromatic heterocycles. The molecule has 2 heterocycles. The second kappa shape index (κ2) is 7.48.